The molecule has 0 heterocycles. The van der Waals surface area contributed by atoms with Gasteiger partial charge in [0, 0.05) is 0 Å². The summed E-state index contributed by atoms with van der Waals surface area (Å²) in [6.45, 7) is 12.2. The van der Waals surface area contributed by atoms with E-state index in [1.54, 1.807) is 6.08 Å². The molecule has 0 bridgehead atoms. The Morgan fingerprint density at radius 1 is 1.10 bits per heavy atom. The lowest BCUT2D eigenvalue weighted by Crippen LogP contribution is -2.04. The normalized spacial score (nSPS) is 11.5. The second-order valence-electron chi connectivity index (χ2n) is 7.55. The molecule has 0 fully saturated rings. The van der Waals surface area contributed by atoms with Gasteiger partial charge in [0.1, 0.15) is 29.2 Å². The first kappa shape index (κ1) is 25.6. The van der Waals surface area contributed by atoms with E-state index in [2.05, 4.69) is 25.9 Å². The van der Waals surface area contributed by atoms with E-state index in [0.29, 0.717) is 25.7 Å². The van der Waals surface area contributed by atoms with Crippen LogP contribution in [-0.2, 0) is 11.3 Å². The van der Waals surface area contributed by atoms with Crippen LogP contribution >= 0.6 is 23.2 Å². The Hall–Kier alpha value is -1.39. The monoisotopic (exact) mass is 443 g/mol. The minimum atomic E-state index is 0.209. The van der Waals surface area contributed by atoms with Crippen molar-refractivity contribution in [1.29, 1.82) is 0 Å². The summed E-state index contributed by atoms with van der Waals surface area (Å²) in [6.07, 6.45) is 6.48. The average Bonchev–Trinajstić information content (AvgIpc) is 2.63. The molecule has 4 nitrogen and oxygen atoms in total. The molecule has 0 aliphatic rings. The molecule has 0 spiro atoms. The van der Waals surface area contributed by atoms with Gasteiger partial charge in [-0.2, -0.15) is 0 Å². The molecule has 0 N–H and O–H groups in total. The lowest BCUT2D eigenvalue weighted by molar-refractivity contribution is 0.137. The summed E-state index contributed by atoms with van der Waals surface area (Å²) in [5.74, 6) is 2.36. The summed E-state index contributed by atoms with van der Waals surface area (Å²) >= 11 is 11.2. The molecule has 0 aliphatic carbocycles. The molecule has 0 amide bonds. The van der Waals surface area contributed by atoms with Gasteiger partial charge in [-0.15, -0.1) is 0 Å². The van der Waals surface area contributed by atoms with Crippen LogP contribution in [0.2, 0.25) is 0 Å². The Kier molecular flexibility index (Phi) is 12.9. The molecule has 0 saturated carbocycles. The maximum Gasteiger partial charge on any atom is 0.125 e. The zero-order chi connectivity index (χ0) is 21.6. The summed E-state index contributed by atoms with van der Waals surface area (Å²) in [4.78, 5) is 5.39. The highest BCUT2D eigenvalue weighted by Gasteiger charge is 2.09. The maximum absolute atomic E-state index is 6.07. The van der Waals surface area contributed by atoms with Gasteiger partial charge >= 0.3 is 0 Å². The molecule has 0 aromatic heterocycles. The van der Waals surface area contributed by atoms with Gasteiger partial charge in [0.05, 0.1) is 12.3 Å². The summed E-state index contributed by atoms with van der Waals surface area (Å²) < 4.78 is 12.0. The Morgan fingerprint density at radius 2 is 1.83 bits per heavy atom. The maximum atomic E-state index is 6.07. The van der Waals surface area contributed by atoms with Crippen molar-refractivity contribution in [3.63, 3.8) is 0 Å². The number of nitrogens with zero attached hydrogens (tertiary/aromatic N) is 1. The summed E-state index contributed by atoms with van der Waals surface area (Å²) in [6, 6.07) is 4.00. The van der Waals surface area contributed by atoms with Gasteiger partial charge in [-0.3, -0.25) is 0 Å². The second kappa shape index (κ2) is 14.6. The third-order valence-electron chi connectivity index (χ3n) is 4.24. The van der Waals surface area contributed by atoms with Gasteiger partial charge in [-0.05, 0) is 81.2 Å². The van der Waals surface area contributed by atoms with Crippen molar-refractivity contribution >= 4 is 28.9 Å². The summed E-state index contributed by atoms with van der Waals surface area (Å²) in [7, 11) is 0. The zero-order valence-corrected chi connectivity index (χ0v) is 19.9. The molecule has 0 aliphatic heterocycles. The predicted octanol–water partition coefficient (Wildman–Crippen LogP) is 7.24. The number of rotatable bonds is 14. The van der Waals surface area contributed by atoms with Gasteiger partial charge in [0.2, 0.25) is 0 Å². The van der Waals surface area contributed by atoms with Crippen LogP contribution in [-0.4, -0.2) is 25.5 Å². The third kappa shape index (κ3) is 11.4. The number of aryl methyl sites for hydroxylation is 2. The Balaban J connectivity index is 2.37. The van der Waals surface area contributed by atoms with Crippen molar-refractivity contribution in [2.75, 3.05) is 19.8 Å². The van der Waals surface area contributed by atoms with E-state index in [4.69, 9.17) is 37.5 Å². The van der Waals surface area contributed by atoms with Crippen LogP contribution in [0.3, 0.4) is 0 Å². The minimum absolute atomic E-state index is 0.209. The molecular weight excluding hydrogens is 409 g/mol. The fourth-order valence-corrected chi connectivity index (χ4v) is 3.09. The van der Waals surface area contributed by atoms with Crippen molar-refractivity contribution in [3.05, 3.63) is 33.8 Å². The molecule has 1 aromatic rings. The van der Waals surface area contributed by atoms with Crippen LogP contribution in [0.4, 0.5) is 0 Å². The SMILES string of the molecule is CCc1cc(OCC=C(Cl)Cl)cc(C)c1OCCCCCO/N=C(\C)CC(C)C. The van der Waals surface area contributed by atoms with Gasteiger partial charge in [-0.1, -0.05) is 49.1 Å². The second-order valence-corrected chi connectivity index (χ2v) is 8.56. The predicted molar refractivity (Wildman–Crippen MR) is 124 cm³/mol. The van der Waals surface area contributed by atoms with Crippen LogP contribution in [0.5, 0.6) is 11.5 Å². The number of ether oxygens (including phenoxy) is 2. The standard InChI is InChI=1S/C23H35Cl2NO3/c1-6-20-16-21(27-13-10-22(24)25)15-18(4)23(20)28-11-8-7-9-12-29-26-19(5)14-17(2)3/h10,15-17H,6-9,11-14H2,1-5H3/b26-19+. The van der Waals surface area contributed by atoms with Crippen LogP contribution < -0.4 is 9.47 Å². The minimum Gasteiger partial charge on any atom is -0.493 e. The molecule has 0 atom stereocenters. The molecule has 0 unspecified atom stereocenters. The van der Waals surface area contributed by atoms with Gasteiger partial charge in [0.15, 0.2) is 0 Å². The van der Waals surface area contributed by atoms with Crippen molar-refractivity contribution in [2.24, 2.45) is 11.1 Å². The highest BCUT2D eigenvalue weighted by molar-refractivity contribution is 6.55. The number of hydrogen-bond donors (Lipinski definition) is 0. The third-order valence-corrected chi connectivity index (χ3v) is 4.55. The Labute approximate surface area is 186 Å². The molecular formula is C23H35Cl2NO3. The molecule has 6 heteroatoms. The van der Waals surface area contributed by atoms with E-state index in [0.717, 1.165) is 60.4 Å². The zero-order valence-electron chi connectivity index (χ0n) is 18.4. The quantitative estimate of drug-likeness (QED) is 0.172. The fraction of sp³-hybridized carbons (Fsp3) is 0.609. The topological polar surface area (TPSA) is 40.0 Å². The smallest absolute Gasteiger partial charge is 0.125 e. The van der Waals surface area contributed by atoms with Gasteiger partial charge in [0.25, 0.3) is 0 Å². The van der Waals surface area contributed by atoms with Gasteiger partial charge < -0.3 is 14.3 Å². The molecule has 0 radical (unpaired) electrons. The van der Waals surface area contributed by atoms with Crippen molar-refractivity contribution in [3.8, 4) is 11.5 Å². The summed E-state index contributed by atoms with van der Waals surface area (Å²) in [5, 5.41) is 4.16. The Morgan fingerprint density at radius 3 is 2.48 bits per heavy atom. The molecule has 1 aromatic carbocycles. The van der Waals surface area contributed by atoms with Crippen molar-refractivity contribution in [1.82, 2.24) is 0 Å². The largest absolute Gasteiger partial charge is 0.493 e. The van der Waals surface area contributed by atoms with E-state index in [9.17, 15) is 0 Å². The van der Waals surface area contributed by atoms with Crippen molar-refractivity contribution < 1.29 is 14.3 Å². The van der Waals surface area contributed by atoms with E-state index >= 15 is 0 Å². The van der Waals surface area contributed by atoms with Crippen LogP contribution in [0.15, 0.2) is 27.9 Å². The van der Waals surface area contributed by atoms with Crippen molar-refractivity contribution in [2.45, 2.75) is 66.7 Å². The van der Waals surface area contributed by atoms with E-state index in [1.165, 1.54) is 0 Å². The average molecular weight is 444 g/mol. The molecule has 164 valence electrons. The van der Waals surface area contributed by atoms with E-state index in [-0.39, 0.29) is 4.49 Å². The molecule has 0 saturated heterocycles. The highest BCUT2D eigenvalue weighted by atomic mass is 35.5. The number of benzene rings is 1. The fourth-order valence-electron chi connectivity index (χ4n) is 2.97. The summed E-state index contributed by atoms with van der Waals surface area (Å²) in [5.41, 5.74) is 3.26. The first-order valence-electron chi connectivity index (χ1n) is 10.4. The van der Waals surface area contributed by atoms with Crippen LogP contribution in [0, 0.1) is 12.8 Å². The molecule has 29 heavy (non-hydrogen) atoms. The van der Waals surface area contributed by atoms with Crippen LogP contribution in [0.1, 0.15) is 64.5 Å². The lowest BCUT2D eigenvalue weighted by Gasteiger charge is -2.15. The molecule has 1 rings (SSSR count). The first-order valence-corrected chi connectivity index (χ1v) is 11.1. The Bertz CT molecular complexity index is 668. The first-order chi connectivity index (χ1) is 13.8. The number of hydrogen-bond acceptors (Lipinski definition) is 4. The number of oxime groups is 1. The van der Waals surface area contributed by atoms with E-state index < -0.39 is 0 Å². The van der Waals surface area contributed by atoms with Crippen LogP contribution in [0.25, 0.3) is 0 Å². The number of unbranched alkanes of at least 4 members (excludes halogenated alkanes) is 2. The van der Waals surface area contributed by atoms with Gasteiger partial charge in [-0.25, -0.2) is 0 Å². The highest BCUT2D eigenvalue weighted by Crippen LogP contribution is 2.30. The lowest BCUT2D eigenvalue weighted by atomic mass is 10.1. The number of halogens is 2. The van der Waals surface area contributed by atoms with E-state index in [1.807, 2.05) is 26.0 Å².